The molecule has 0 atom stereocenters. The van der Waals surface area contributed by atoms with E-state index in [1.54, 1.807) is 0 Å². The second-order valence-electron chi connectivity index (χ2n) is 6.08. The predicted octanol–water partition coefficient (Wildman–Crippen LogP) is 3.43. The van der Waals surface area contributed by atoms with Gasteiger partial charge in [-0.05, 0) is 37.0 Å². The molecular weight excluding hydrogens is 310 g/mol. The fourth-order valence-electron chi connectivity index (χ4n) is 2.88. The molecule has 23 heavy (non-hydrogen) atoms. The van der Waals surface area contributed by atoms with Crippen LogP contribution in [0, 0.1) is 5.92 Å². The van der Waals surface area contributed by atoms with Crippen LogP contribution < -0.4 is 10.6 Å². The molecule has 2 heterocycles. The van der Waals surface area contributed by atoms with Gasteiger partial charge in [0, 0.05) is 29.0 Å². The molecule has 0 bridgehead atoms. The van der Waals surface area contributed by atoms with Crippen molar-refractivity contribution in [2.24, 2.45) is 5.92 Å². The Morgan fingerprint density at radius 1 is 1.30 bits per heavy atom. The SMILES string of the molecule is O=C1CCc2cc(-c3csc(NC(=O)C4CCC4)n3)ccc2N1. The van der Waals surface area contributed by atoms with Gasteiger partial charge in [0.2, 0.25) is 11.8 Å². The Labute approximate surface area is 138 Å². The number of hydrogen-bond donors (Lipinski definition) is 2. The van der Waals surface area contributed by atoms with E-state index < -0.39 is 0 Å². The number of carbonyl (C=O) groups excluding carboxylic acids is 2. The third kappa shape index (κ3) is 2.86. The zero-order chi connectivity index (χ0) is 15.8. The molecule has 0 spiro atoms. The number of amides is 2. The number of benzene rings is 1. The fourth-order valence-corrected chi connectivity index (χ4v) is 3.61. The summed E-state index contributed by atoms with van der Waals surface area (Å²) in [6.07, 6.45) is 4.40. The van der Waals surface area contributed by atoms with Crippen LogP contribution in [0.15, 0.2) is 23.6 Å². The van der Waals surface area contributed by atoms with Gasteiger partial charge in [-0.15, -0.1) is 11.3 Å². The Bertz CT molecular complexity index is 780. The van der Waals surface area contributed by atoms with Crippen LogP contribution in [-0.2, 0) is 16.0 Å². The van der Waals surface area contributed by atoms with E-state index in [1.807, 2.05) is 17.5 Å². The number of rotatable bonds is 3. The molecule has 4 rings (SSSR count). The van der Waals surface area contributed by atoms with E-state index in [9.17, 15) is 9.59 Å². The molecule has 1 fully saturated rings. The molecule has 2 amide bonds. The first-order valence-electron chi connectivity index (χ1n) is 7.88. The Morgan fingerprint density at radius 2 is 2.17 bits per heavy atom. The highest BCUT2D eigenvalue weighted by atomic mass is 32.1. The van der Waals surface area contributed by atoms with E-state index in [1.165, 1.54) is 11.3 Å². The summed E-state index contributed by atoms with van der Waals surface area (Å²) in [6, 6.07) is 5.95. The number of nitrogens with zero attached hydrogens (tertiary/aromatic N) is 1. The lowest BCUT2D eigenvalue weighted by Gasteiger charge is -2.23. The molecule has 5 nitrogen and oxygen atoms in total. The first-order valence-corrected chi connectivity index (χ1v) is 8.76. The third-order valence-corrected chi connectivity index (χ3v) is 5.26. The van der Waals surface area contributed by atoms with Gasteiger partial charge in [-0.25, -0.2) is 4.98 Å². The van der Waals surface area contributed by atoms with Crippen LogP contribution in [0.4, 0.5) is 10.8 Å². The molecule has 0 saturated heterocycles. The van der Waals surface area contributed by atoms with Crippen molar-refractivity contribution in [1.29, 1.82) is 0 Å². The smallest absolute Gasteiger partial charge is 0.229 e. The minimum Gasteiger partial charge on any atom is -0.326 e. The zero-order valence-electron chi connectivity index (χ0n) is 12.6. The number of nitrogens with one attached hydrogen (secondary N) is 2. The molecule has 6 heteroatoms. The number of aryl methyl sites for hydroxylation is 1. The van der Waals surface area contributed by atoms with Gasteiger partial charge in [0.15, 0.2) is 5.13 Å². The summed E-state index contributed by atoms with van der Waals surface area (Å²) < 4.78 is 0. The van der Waals surface area contributed by atoms with Crippen LogP contribution in [0.2, 0.25) is 0 Å². The van der Waals surface area contributed by atoms with E-state index in [0.717, 1.165) is 48.2 Å². The summed E-state index contributed by atoms with van der Waals surface area (Å²) >= 11 is 1.45. The van der Waals surface area contributed by atoms with Crippen molar-refractivity contribution in [2.75, 3.05) is 10.6 Å². The second kappa shape index (κ2) is 5.77. The maximum absolute atomic E-state index is 12.0. The van der Waals surface area contributed by atoms with Crippen molar-refractivity contribution in [3.05, 3.63) is 29.1 Å². The second-order valence-corrected chi connectivity index (χ2v) is 6.93. The lowest BCUT2D eigenvalue weighted by molar-refractivity contribution is -0.122. The molecule has 1 aliphatic carbocycles. The van der Waals surface area contributed by atoms with Gasteiger partial charge >= 0.3 is 0 Å². The first-order chi connectivity index (χ1) is 11.2. The van der Waals surface area contributed by atoms with Gasteiger partial charge in [0.1, 0.15) is 0 Å². The number of thiazole rings is 1. The zero-order valence-corrected chi connectivity index (χ0v) is 13.4. The molecule has 118 valence electrons. The highest BCUT2D eigenvalue weighted by Crippen LogP contribution is 2.32. The minimum absolute atomic E-state index is 0.0694. The Balaban J connectivity index is 1.52. The number of hydrogen-bond acceptors (Lipinski definition) is 4. The van der Waals surface area contributed by atoms with Gasteiger partial charge in [-0.2, -0.15) is 0 Å². The van der Waals surface area contributed by atoms with E-state index >= 15 is 0 Å². The normalized spacial score (nSPS) is 17.1. The average molecular weight is 327 g/mol. The standard InChI is InChI=1S/C17H17N3O2S/c21-15-7-5-11-8-12(4-6-13(11)18-15)14-9-23-17(19-14)20-16(22)10-2-1-3-10/h4,6,8-10H,1-3,5,7H2,(H,18,21)(H,19,20,22). The molecule has 1 aliphatic heterocycles. The van der Waals surface area contributed by atoms with E-state index in [4.69, 9.17) is 0 Å². The van der Waals surface area contributed by atoms with E-state index in [0.29, 0.717) is 11.6 Å². The third-order valence-electron chi connectivity index (χ3n) is 4.51. The molecule has 2 aromatic rings. The summed E-state index contributed by atoms with van der Waals surface area (Å²) in [4.78, 5) is 27.9. The van der Waals surface area contributed by atoms with Crippen LogP contribution in [-0.4, -0.2) is 16.8 Å². The maximum atomic E-state index is 12.0. The monoisotopic (exact) mass is 327 g/mol. The summed E-state index contributed by atoms with van der Waals surface area (Å²) in [5.41, 5.74) is 3.90. The molecule has 1 aromatic heterocycles. The Morgan fingerprint density at radius 3 is 2.96 bits per heavy atom. The highest BCUT2D eigenvalue weighted by Gasteiger charge is 2.25. The fraction of sp³-hybridized carbons (Fsp3) is 0.353. The number of aromatic nitrogens is 1. The number of carbonyl (C=O) groups is 2. The van der Waals surface area contributed by atoms with Crippen molar-refractivity contribution >= 4 is 34.0 Å². The van der Waals surface area contributed by atoms with Crippen LogP contribution >= 0.6 is 11.3 Å². The van der Waals surface area contributed by atoms with Gasteiger partial charge in [0.25, 0.3) is 0 Å². The summed E-state index contributed by atoms with van der Waals surface area (Å²) in [5.74, 6) is 0.319. The van der Waals surface area contributed by atoms with Crippen molar-refractivity contribution in [3.63, 3.8) is 0 Å². The largest absolute Gasteiger partial charge is 0.326 e. The molecule has 2 aliphatic rings. The van der Waals surface area contributed by atoms with Crippen LogP contribution in [0.25, 0.3) is 11.3 Å². The van der Waals surface area contributed by atoms with Crippen LogP contribution in [0.1, 0.15) is 31.2 Å². The van der Waals surface area contributed by atoms with Gasteiger partial charge in [-0.3, -0.25) is 9.59 Å². The summed E-state index contributed by atoms with van der Waals surface area (Å²) in [6.45, 7) is 0. The van der Waals surface area contributed by atoms with Crippen molar-refractivity contribution < 1.29 is 9.59 Å². The number of fused-ring (bicyclic) bond motifs is 1. The predicted molar refractivity (Wildman–Crippen MR) is 90.5 cm³/mol. The minimum atomic E-state index is 0.0694. The number of anilines is 2. The van der Waals surface area contributed by atoms with Crippen LogP contribution in [0.3, 0.4) is 0 Å². The average Bonchev–Trinajstić information content (AvgIpc) is 2.93. The van der Waals surface area contributed by atoms with Crippen molar-refractivity contribution in [1.82, 2.24) is 4.98 Å². The van der Waals surface area contributed by atoms with Gasteiger partial charge in [0.05, 0.1) is 5.69 Å². The van der Waals surface area contributed by atoms with Gasteiger partial charge in [-0.1, -0.05) is 12.5 Å². The van der Waals surface area contributed by atoms with Gasteiger partial charge < -0.3 is 10.6 Å². The van der Waals surface area contributed by atoms with E-state index in [-0.39, 0.29) is 17.7 Å². The molecule has 1 saturated carbocycles. The van der Waals surface area contributed by atoms with Crippen molar-refractivity contribution in [2.45, 2.75) is 32.1 Å². The summed E-state index contributed by atoms with van der Waals surface area (Å²) in [5, 5.41) is 8.41. The molecule has 0 unspecified atom stereocenters. The highest BCUT2D eigenvalue weighted by molar-refractivity contribution is 7.14. The Kier molecular flexibility index (Phi) is 3.61. The lowest BCUT2D eigenvalue weighted by atomic mass is 9.85. The van der Waals surface area contributed by atoms with Crippen LogP contribution in [0.5, 0.6) is 0 Å². The summed E-state index contributed by atoms with van der Waals surface area (Å²) in [7, 11) is 0. The van der Waals surface area contributed by atoms with E-state index in [2.05, 4.69) is 21.7 Å². The molecule has 0 radical (unpaired) electrons. The first kappa shape index (κ1) is 14.4. The lowest BCUT2D eigenvalue weighted by Crippen LogP contribution is -2.27. The molecular formula is C17H17N3O2S. The topological polar surface area (TPSA) is 71.1 Å². The molecule has 2 N–H and O–H groups in total. The van der Waals surface area contributed by atoms with Crippen molar-refractivity contribution in [3.8, 4) is 11.3 Å². The quantitative estimate of drug-likeness (QED) is 0.907. The Hall–Kier alpha value is -2.21. The maximum Gasteiger partial charge on any atom is 0.229 e. The molecule has 1 aromatic carbocycles.